The van der Waals surface area contributed by atoms with Crippen molar-refractivity contribution >= 4 is 35.1 Å². The van der Waals surface area contributed by atoms with Crippen molar-refractivity contribution in [1.82, 2.24) is 9.80 Å². The number of allylic oxidation sites excluding steroid dienone is 2. The first-order valence-electron chi connectivity index (χ1n) is 14.5. The highest BCUT2D eigenvalue weighted by molar-refractivity contribution is 6.41. The molecular weight excluding hydrogens is 516 g/mol. The average Bonchev–Trinajstić information content (AvgIpc) is 3.49. The van der Waals surface area contributed by atoms with Crippen LogP contribution >= 0.6 is 0 Å². The molecule has 8 nitrogen and oxygen atoms in total. The zero-order chi connectivity index (χ0) is 29.3. The summed E-state index contributed by atoms with van der Waals surface area (Å²) in [6.07, 6.45) is 5.82. The minimum Gasteiger partial charge on any atom is -0.508 e. The van der Waals surface area contributed by atoms with Crippen LogP contribution in [0.3, 0.4) is 0 Å². The number of likely N-dealkylation sites (tertiary alicyclic amines) is 1. The number of aromatic hydroxyl groups is 1. The smallest absolute Gasteiger partial charge is 0.255 e. The number of benzene rings is 2. The highest BCUT2D eigenvalue weighted by Gasteiger charge is 2.44. The van der Waals surface area contributed by atoms with Gasteiger partial charge in [0.15, 0.2) is 5.78 Å². The molecule has 0 aliphatic carbocycles. The summed E-state index contributed by atoms with van der Waals surface area (Å²) in [5.74, 6) is -0.922. The maximum absolute atomic E-state index is 13.9. The fourth-order valence-corrected chi connectivity index (χ4v) is 6.32. The minimum atomic E-state index is -0.741. The summed E-state index contributed by atoms with van der Waals surface area (Å²) in [6.45, 7) is 6.58. The van der Waals surface area contributed by atoms with E-state index < -0.39 is 17.9 Å². The monoisotopic (exact) mass is 554 g/mol. The van der Waals surface area contributed by atoms with Crippen molar-refractivity contribution in [3.05, 3.63) is 70.4 Å². The van der Waals surface area contributed by atoms with Crippen LogP contribution in [-0.2, 0) is 22.6 Å². The number of hydrogen-bond donors (Lipinski definition) is 2. The molecule has 2 atom stereocenters. The molecule has 1 fully saturated rings. The number of hydrogen-bond acceptors (Lipinski definition) is 6. The van der Waals surface area contributed by atoms with Crippen molar-refractivity contribution in [2.75, 3.05) is 6.54 Å². The Balaban J connectivity index is 1.30. The van der Waals surface area contributed by atoms with Crippen molar-refractivity contribution in [2.45, 2.75) is 77.9 Å². The molecule has 2 aromatic carbocycles. The van der Waals surface area contributed by atoms with Crippen LogP contribution in [0.1, 0.15) is 79.9 Å². The van der Waals surface area contributed by atoms with E-state index in [1.54, 1.807) is 28.0 Å². The number of ketones is 1. The van der Waals surface area contributed by atoms with Gasteiger partial charge in [0, 0.05) is 37.0 Å². The lowest BCUT2D eigenvalue weighted by molar-refractivity contribution is -0.141. The van der Waals surface area contributed by atoms with Crippen LogP contribution in [0.25, 0.3) is 5.57 Å². The van der Waals surface area contributed by atoms with Gasteiger partial charge in [0.1, 0.15) is 11.8 Å². The van der Waals surface area contributed by atoms with Crippen LogP contribution in [0.15, 0.2) is 53.2 Å². The topological polar surface area (TPSA) is 114 Å². The van der Waals surface area contributed by atoms with Crippen LogP contribution < -0.4 is 0 Å². The Morgan fingerprint density at radius 1 is 1.15 bits per heavy atom. The van der Waals surface area contributed by atoms with E-state index in [0.29, 0.717) is 37.1 Å². The first-order valence-corrected chi connectivity index (χ1v) is 14.5. The second kappa shape index (κ2) is 11.8. The molecule has 0 radical (unpaired) electrons. The molecule has 214 valence electrons. The molecule has 2 amide bonds. The van der Waals surface area contributed by atoms with Gasteiger partial charge in [-0.3, -0.25) is 19.4 Å². The lowest BCUT2D eigenvalue weighted by atomic mass is 9.94. The number of carbonyl (C=O) groups is 3. The summed E-state index contributed by atoms with van der Waals surface area (Å²) in [4.78, 5) is 48.3. The summed E-state index contributed by atoms with van der Waals surface area (Å²) in [5, 5.41) is 19.4. The summed E-state index contributed by atoms with van der Waals surface area (Å²) in [5.41, 5.74) is 4.79. The van der Waals surface area contributed by atoms with Crippen LogP contribution in [0.4, 0.5) is 0 Å². The fraction of sp³-hybridized carbons (Fsp3) is 0.424. The molecule has 0 aromatic heterocycles. The zero-order valence-electron chi connectivity index (χ0n) is 24.0. The number of aliphatic imine (C=N–C) groups is 1. The second-order valence-electron chi connectivity index (χ2n) is 11.6. The molecule has 5 rings (SSSR count). The van der Waals surface area contributed by atoms with Gasteiger partial charge in [-0.15, -0.1) is 0 Å². The maximum Gasteiger partial charge on any atom is 0.255 e. The van der Waals surface area contributed by atoms with Crippen molar-refractivity contribution in [3.8, 4) is 5.75 Å². The van der Waals surface area contributed by atoms with Gasteiger partial charge in [0.2, 0.25) is 5.91 Å². The lowest BCUT2D eigenvalue weighted by Crippen LogP contribution is -2.54. The van der Waals surface area contributed by atoms with E-state index in [-0.39, 0.29) is 35.6 Å². The standard InChI is InChI=1S/C33H38N4O4/c1-20(2)30(37-19-24-9-4-5-11-26(24)32(37)40)33(41)36-16-8-12-28(36)31(39)27(34)17-23-14-13-22(18-29(23)38)25-10-6-7-15-35-21(25)3/h4-5,9,11,13-15,18,20,28,30,34,38H,6-8,10,12,16-17,19H2,1-3H3/t28-,30+/m0/s1. The Morgan fingerprint density at radius 3 is 2.66 bits per heavy atom. The highest BCUT2D eigenvalue weighted by atomic mass is 16.3. The molecule has 0 unspecified atom stereocenters. The molecule has 3 heterocycles. The summed E-state index contributed by atoms with van der Waals surface area (Å²) in [7, 11) is 0. The van der Waals surface area contributed by atoms with Gasteiger partial charge in [-0.25, -0.2) is 0 Å². The Hall–Kier alpha value is -4.07. The van der Waals surface area contributed by atoms with Crippen LogP contribution in [0.2, 0.25) is 0 Å². The third-order valence-electron chi connectivity index (χ3n) is 8.49. The van der Waals surface area contributed by atoms with Gasteiger partial charge < -0.3 is 20.3 Å². The largest absolute Gasteiger partial charge is 0.508 e. The first kappa shape index (κ1) is 28.5. The average molecular weight is 555 g/mol. The van der Waals surface area contributed by atoms with E-state index in [1.807, 2.05) is 51.3 Å². The van der Waals surface area contributed by atoms with Crippen LogP contribution in [-0.4, -0.2) is 63.1 Å². The first-order chi connectivity index (χ1) is 19.7. The molecule has 3 aliphatic rings. The molecule has 3 aliphatic heterocycles. The third kappa shape index (κ3) is 5.60. The predicted molar refractivity (Wildman–Crippen MR) is 159 cm³/mol. The van der Waals surface area contributed by atoms with Crippen LogP contribution in [0, 0.1) is 11.3 Å². The molecule has 0 bridgehead atoms. The minimum absolute atomic E-state index is 0.0206. The number of rotatable bonds is 8. The Kier molecular flexibility index (Phi) is 8.20. The highest BCUT2D eigenvalue weighted by Crippen LogP contribution is 2.32. The number of phenols is 1. The van der Waals surface area contributed by atoms with E-state index in [1.165, 1.54) is 0 Å². The molecule has 1 saturated heterocycles. The number of nitrogens with one attached hydrogen (secondary N) is 1. The van der Waals surface area contributed by atoms with Crippen LogP contribution in [0.5, 0.6) is 5.75 Å². The number of nitrogens with zero attached hydrogens (tertiary/aromatic N) is 3. The molecule has 0 spiro atoms. The summed E-state index contributed by atoms with van der Waals surface area (Å²) < 4.78 is 0. The van der Waals surface area contributed by atoms with Crippen molar-refractivity contribution < 1.29 is 19.5 Å². The van der Waals surface area contributed by atoms with Crippen molar-refractivity contribution in [1.29, 1.82) is 5.41 Å². The van der Waals surface area contributed by atoms with Gasteiger partial charge in [-0.1, -0.05) is 44.2 Å². The SMILES string of the molecule is CC1=C(c2ccc(CC(=N)C(=O)[C@@H]3CCCN3C(=O)[C@@H](C(C)C)N3Cc4ccccc4C3=O)c(O)c2)CCCC=N1. The third-order valence-corrected chi connectivity index (χ3v) is 8.49. The Morgan fingerprint density at radius 2 is 1.93 bits per heavy atom. The number of phenolic OH excluding ortho intramolecular Hbond substituents is 1. The quantitative estimate of drug-likeness (QED) is 0.438. The molecule has 2 N–H and O–H groups in total. The van der Waals surface area contributed by atoms with E-state index in [4.69, 9.17) is 5.41 Å². The van der Waals surface area contributed by atoms with E-state index >= 15 is 0 Å². The Labute approximate surface area is 241 Å². The second-order valence-corrected chi connectivity index (χ2v) is 11.6. The van der Waals surface area contributed by atoms with E-state index in [0.717, 1.165) is 41.7 Å². The maximum atomic E-state index is 13.9. The molecule has 2 aromatic rings. The van der Waals surface area contributed by atoms with E-state index in [9.17, 15) is 19.5 Å². The Bertz CT molecular complexity index is 1460. The number of Topliss-reactive ketones (excluding diaryl/α,β-unsaturated/α-hetero) is 1. The number of fused-ring (bicyclic) bond motifs is 1. The molecule has 41 heavy (non-hydrogen) atoms. The molecule has 0 saturated carbocycles. The van der Waals surface area contributed by atoms with Gasteiger partial charge in [0.05, 0.1) is 11.8 Å². The van der Waals surface area contributed by atoms with Gasteiger partial charge in [-0.05, 0) is 79.3 Å². The lowest BCUT2D eigenvalue weighted by Gasteiger charge is -2.35. The summed E-state index contributed by atoms with van der Waals surface area (Å²) >= 11 is 0. The molecule has 8 heteroatoms. The number of carbonyl (C=O) groups excluding carboxylic acids is 3. The van der Waals surface area contributed by atoms with Gasteiger partial charge in [0.25, 0.3) is 5.91 Å². The predicted octanol–water partition coefficient (Wildman–Crippen LogP) is 5.18. The van der Waals surface area contributed by atoms with E-state index in [2.05, 4.69) is 4.99 Å². The van der Waals surface area contributed by atoms with Gasteiger partial charge >= 0.3 is 0 Å². The number of amides is 2. The zero-order valence-corrected chi connectivity index (χ0v) is 24.0. The summed E-state index contributed by atoms with van der Waals surface area (Å²) in [6, 6.07) is 11.3. The van der Waals surface area contributed by atoms with Crippen molar-refractivity contribution in [2.24, 2.45) is 10.9 Å². The normalized spacial score (nSPS) is 19.5. The fourth-order valence-electron chi connectivity index (χ4n) is 6.32. The molecular formula is C33H38N4O4. The van der Waals surface area contributed by atoms with Gasteiger partial charge in [-0.2, -0.15) is 0 Å². The van der Waals surface area contributed by atoms with Crippen molar-refractivity contribution in [3.63, 3.8) is 0 Å².